The van der Waals surface area contributed by atoms with Crippen molar-refractivity contribution in [3.05, 3.63) is 45.6 Å². The molecule has 0 aliphatic heterocycles. The molecule has 28 heavy (non-hydrogen) atoms. The third-order valence-corrected chi connectivity index (χ3v) is 4.75. The molecule has 0 aliphatic carbocycles. The molecule has 1 atom stereocenters. The van der Waals surface area contributed by atoms with E-state index in [1.165, 1.54) is 11.3 Å². The van der Waals surface area contributed by atoms with E-state index in [4.69, 9.17) is 21.4 Å². The van der Waals surface area contributed by atoms with Crippen LogP contribution in [0.5, 0.6) is 0 Å². The van der Waals surface area contributed by atoms with Gasteiger partial charge in [0.05, 0.1) is 21.9 Å². The molecule has 0 spiro atoms. The van der Waals surface area contributed by atoms with Gasteiger partial charge in [0.2, 0.25) is 0 Å². The van der Waals surface area contributed by atoms with E-state index in [2.05, 4.69) is 16.0 Å². The Morgan fingerprint density at radius 1 is 1.07 bits per heavy atom. The molecular formula is C18H22ClN3O5S. The average molecular weight is 428 g/mol. The first kappa shape index (κ1) is 22.0. The summed E-state index contributed by atoms with van der Waals surface area (Å²) in [6.07, 6.45) is -0.747. The minimum absolute atomic E-state index is 0.122. The van der Waals surface area contributed by atoms with E-state index in [-0.39, 0.29) is 25.6 Å². The molecule has 0 bridgehead atoms. The molecule has 2 aromatic rings. The number of hydrogen-bond donors (Lipinski definition) is 5. The zero-order valence-corrected chi connectivity index (χ0v) is 16.6. The number of halogens is 1. The van der Waals surface area contributed by atoms with E-state index in [9.17, 15) is 14.7 Å². The molecular weight excluding hydrogens is 406 g/mol. The zero-order chi connectivity index (χ0) is 20.4. The minimum atomic E-state index is -0.993. The summed E-state index contributed by atoms with van der Waals surface area (Å²) in [5, 5.41) is 27.3. The SMILES string of the molecule is O=C(O)COCCNc1ccc(NC[C@@H](O)CNC(=O)c2ccc(Cl)s2)cc1. The third kappa shape index (κ3) is 8.13. The Labute approximate surface area is 171 Å². The molecule has 0 saturated carbocycles. The fourth-order valence-electron chi connectivity index (χ4n) is 2.17. The number of anilines is 2. The first-order valence-electron chi connectivity index (χ1n) is 8.53. The fourth-order valence-corrected chi connectivity index (χ4v) is 3.13. The van der Waals surface area contributed by atoms with Crippen LogP contribution in [0.1, 0.15) is 9.67 Å². The van der Waals surface area contributed by atoms with Crippen molar-refractivity contribution in [3.8, 4) is 0 Å². The summed E-state index contributed by atoms with van der Waals surface area (Å²) in [7, 11) is 0. The maximum absolute atomic E-state index is 11.9. The van der Waals surface area contributed by atoms with Gasteiger partial charge in [0, 0.05) is 31.0 Å². The highest BCUT2D eigenvalue weighted by molar-refractivity contribution is 7.17. The van der Waals surface area contributed by atoms with Crippen LogP contribution in [0.15, 0.2) is 36.4 Å². The number of aliphatic carboxylic acids is 1. The maximum Gasteiger partial charge on any atom is 0.329 e. The summed E-state index contributed by atoms with van der Waals surface area (Å²) in [6.45, 7) is 0.878. The van der Waals surface area contributed by atoms with Crippen molar-refractivity contribution in [2.24, 2.45) is 0 Å². The van der Waals surface area contributed by atoms with Gasteiger partial charge in [0.1, 0.15) is 6.61 Å². The van der Waals surface area contributed by atoms with Gasteiger partial charge >= 0.3 is 5.97 Å². The molecule has 152 valence electrons. The van der Waals surface area contributed by atoms with E-state index in [1.54, 1.807) is 12.1 Å². The second-order valence-electron chi connectivity index (χ2n) is 5.80. The van der Waals surface area contributed by atoms with Crippen molar-refractivity contribution >= 4 is 46.2 Å². The number of aliphatic hydroxyl groups is 1. The van der Waals surface area contributed by atoms with Crippen molar-refractivity contribution in [1.82, 2.24) is 5.32 Å². The minimum Gasteiger partial charge on any atom is -0.480 e. The number of benzene rings is 1. The Balaban J connectivity index is 1.63. The monoisotopic (exact) mass is 427 g/mol. The highest BCUT2D eigenvalue weighted by atomic mass is 35.5. The first-order valence-corrected chi connectivity index (χ1v) is 9.72. The molecule has 10 heteroatoms. The lowest BCUT2D eigenvalue weighted by Gasteiger charge is -2.14. The lowest BCUT2D eigenvalue weighted by Crippen LogP contribution is -2.35. The van der Waals surface area contributed by atoms with Gasteiger partial charge < -0.3 is 30.9 Å². The predicted octanol–water partition coefficient (Wildman–Crippen LogP) is 2.12. The number of carbonyl (C=O) groups excluding carboxylic acids is 1. The van der Waals surface area contributed by atoms with Crippen molar-refractivity contribution in [2.45, 2.75) is 6.10 Å². The smallest absolute Gasteiger partial charge is 0.329 e. The lowest BCUT2D eigenvalue weighted by atomic mass is 10.2. The Bertz CT molecular complexity index is 769. The Hall–Kier alpha value is -2.33. The number of thiophene rings is 1. The number of rotatable bonds is 12. The van der Waals surface area contributed by atoms with Gasteiger partial charge in [0.25, 0.3) is 5.91 Å². The van der Waals surface area contributed by atoms with Crippen LogP contribution in [0.3, 0.4) is 0 Å². The third-order valence-electron chi connectivity index (χ3n) is 3.52. The van der Waals surface area contributed by atoms with Crippen molar-refractivity contribution in [1.29, 1.82) is 0 Å². The van der Waals surface area contributed by atoms with Crippen molar-refractivity contribution in [2.75, 3.05) is 43.5 Å². The van der Waals surface area contributed by atoms with Crippen LogP contribution in [-0.2, 0) is 9.53 Å². The van der Waals surface area contributed by atoms with E-state index in [0.717, 1.165) is 11.4 Å². The van der Waals surface area contributed by atoms with Gasteiger partial charge in [-0.05, 0) is 36.4 Å². The highest BCUT2D eigenvalue weighted by Gasteiger charge is 2.11. The lowest BCUT2D eigenvalue weighted by molar-refractivity contribution is -0.142. The van der Waals surface area contributed by atoms with Crippen LogP contribution in [0, 0.1) is 0 Å². The van der Waals surface area contributed by atoms with Gasteiger partial charge in [-0.15, -0.1) is 11.3 Å². The zero-order valence-electron chi connectivity index (χ0n) is 15.0. The van der Waals surface area contributed by atoms with Crippen LogP contribution in [0.2, 0.25) is 4.34 Å². The molecule has 0 unspecified atom stereocenters. The Kier molecular flexibility index (Phi) is 9.02. The summed E-state index contributed by atoms with van der Waals surface area (Å²) in [6, 6.07) is 10.7. The Morgan fingerprint density at radius 2 is 1.75 bits per heavy atom. The molecule has 0 aliphatic rings. The second kappa shape index (κ2) is 11.5. The topological polar surface area (TPSA) is 120 Å². The van der Waals surface area contributed by atoms with E-state index in [0.29, 0.717) is 22.4 Å². The van der Waals surface area contributed by atoms with Crippen molar-refractivity contribution < 1.29 is 24.5 Å². The Morgan fingerprint density at radius 3 is 2.36 bits per heavy atom. The number of carboxylic acid groups (broad SMARTS) is 1. The van der Waals surface area contributed by atoms with Gasteiger partial charge in [-0.25, -0.2) is 4.79 Å². The predicted molar refractivity (Wildman–Crippen MR) is 110 cm³/mol. The number of amides is 1. The number of carboxylic acids is 1. The van der Waals surface area contributed by atoms with Gasteiger partial charge in [0.15, 0.2) is 0 Å². The number of nitrogens with one attached hydrogen (secondary N) is 3. The van der Waals surface area contributed by atoms with Crippen molar-refractivity contribution in [3.63, 3.8) is 0 Å². The van der Waals surface area contributed by atoms with E-state index >= 15 is 0 Å². The number of aliphatic hydroxyl groups excluding tert-OH is 1. The molecule has 0 radical (unpaired) electrons. The second-order valence-corrected chi connectivity index (χ2v) is 7.51. The molecule has 0 saturated heterocycles. The summed E-state index contributed by atoms with van der Waals surface area (Å²) in [5.41, 5.74) is 1.69. The molecule has 1 amide bonds. The standard InChI is InChI=1S/C18H22ClN3O5S/c19-16-6-5-15(28-16)18(26)22-10-14(23)9-21-13-3-1-12(2-4-13)20-7-8-27-11-17(24)25/h1-6,14,20-21,23H,7-11H2,(H,22,26)(H,24,25)/t14-/m1/s1. The highest BCUT2D eigenvalue weighted by Crippen LogP contribution is 2.21. The summed E-state index contributed by atoms with van der Waals surface area (Å²) >= 11 is 6.98. The van der Waals surface area contributed by atoms with E-state index < -0.39 is 12.1 Å². The summed E-state index contributed by atoms with van der Waals surface area (Å²) < 4.78 is 5.48. The molecule has 1 aromatic carbocycles. The quantitative estimate of drug-likeness (QED) is 0.329. The normalized spacial score (nSPS) is 11.6. The molecule has 5 N–H and O–H groups in total. The number of hydrogen-bond acceptors (Lipinski definition) is 7. The summed E-state index contributed by atoms with van der Waals surface area (Å²) in [4.78, 5) is 22.7. The fraction of sp³-hybridized carbons (Fsp3) is 0.333. The van der Waals surface area contributed by atoms with Crippen LogP contribution >= 0.6 is 22.9 Å². The van der Waals surface area contributed by atoms with E-state index in [1.807, 2.05) is 24.3 Å². The number of carbonyl (C=O) groups is 2. The first-order chi connectivity index (χ1) is 13.4. The molecule has 1 heterocycles. The van der Waals surface area contributed by atoms with Crippen LogP contribution in [0.4, 0.5) is 11.4 Å². The van der Waals surface area contributed by atoms with Crippen LogP contribution < -0.4 is 16.0 Å². The molecule has 0 fully saturated rings. The van der Waals surface area contributed by atoms with Gasteiger partial charge in [-0.2, -0.15) is 0 Å². The molecule has 1 aromatic heterocycles. The van der Waals surface area contributed by atoms with Crippen LogP contribution in [-0.4, -0.2) is 61.0 Å². The molecule has 2 rings (SSSR count). The van der Waals surface area contributed by atoms with Crippen LogP contribution in [0.25, 0.3) is 0 Å². The maximum atomic E-state index is 11.9. The van der Waals surface area contributed by atoms with Gasteiger partial charge in [-0.3, -0.25) is 4.79 Å². The number of ether oxygens (including phenoxy) is 1. The summed E-state index contributed by atoms with van der Waals surface area (Å²) in [5.74, 6) is -1.26. The average Bonchev–Trinajstić information content (AvgIpc) is 3.11. The van der Waals surface area contributed by atoms with Gasteiger partial charge in [-0.1, -0.05) is 11.6 Å². The molecule has 8 nitrogen and oxygen atoms in total. The largest absolute Gasteiger partial charge is 0.480 e.